The van der Waals surface area contributed by atoms with Crippen LogP contribution in [-0.2, 0) is 0 Å². The van der Waals surface area contributed by atoms with Gasteiger partial charge in [0.1, 0.15) is 11.5 Å². The van der Waals surface area contributed by atoms with Crippen LogP contribution in [0.5, 0.6) is 0 Å². The van der Waals surface area contributed by atoms with E-state index in [9.17, 15) is 0 Å². The zero-order valence-electron chi connectivity index (χ0n) is 22.3. The van der Waals surface area contributed by atoms with E-state index in [4.69, 9.17) is 15.0 Å². The number of allylic oxidation sites excluding steroid dienone is 7. The fourth-order valence-corrected chi connectivity index (χ4v) is 4.14. The van der Waals surface area contributed by atoms with Crippen LogP contribution in [0.15, 0.2) is 97.7 Å². The second kappa shape index (κ2) is 12.1. The number of benzene rings is 1. The molecule has 1 aliphatic carbocycles. The predicted octanol–water partition coefficient (Wildman–Crippen LogP) is 7.99. The molecule has 4 rings (SSSR count). The van der Waals surface area contributed by atoms with Crippen LogP contribution in [0, 0.1) is 5.92 Å². The highest BCUT2D eigenvalue weighted by atomic mass is 15.1. The van der Waals surface area contributed by atoms with Gasteiger partial charge in [0.15, 0.2) is 17.5 Å². The smallest absolute Gasteiger partial charge is 0.181 e. The lowest BCUT2D eigenvalue weighted by atomic mass is 9.98. The minimum Gasteiger partial charge on any atom is -0.305 e. The minimum absolute atomic E-state index is 0.426. The Balaban J connectivity index is 1.68. The summed E-state index contributed by atoms with van der Waals surface area (Å²) in [5, 5.41) is 0. The molecule has 0 amide bonds. The second-order valence-corrected chi connectivity index (χ2v) is 9.07. The Morgan fingerprint density at radius 3 is 2.47 bits per heavy atom. The maximum atomic E-state index is 4.79. The number of hydrogen-bond acceptors (Lipinski definition) is 4. The first-order valence-corrected chi connectivity index (χ1v) is 12.7. The molecule has 0 saturated carbocycles. The van der Waals surface area contributed by atoms with Gasteiger partial charge in [-0.25, -0.2) is 19.9 Å². The first kappa shape index (κ1) is 26.4. The molecule has 1 atom stereocenters. The second-order valence-electron chi connectivity index (χ2n) is 9.07. The Morgan fingerprint density at radius 1 is 1.05 bits per heavy atom. The fourth-order valence-electron chi connectivity index (χ4n) is 4.14. The lowest BCUT2D eigenvalue weighted by Crippen LogP contribution is -2.10. The quantitative estimate of drug-likeness (QED) is 0.179. The summed E-state index contributed by atoms with van der Waals surface area (Å²) in [4.78, 5) is 18.9. The van der Waals surface area contributed by atoms with E-state index < -0.39 is 0 Å². The van der Waals surface area contributed by atoms with Crippen molar-refractivity contribution in [1.29, 1.82) is 0 Å². The van der Waals surface area contributed by atoms with Gasteiger partial charge in [0.05, 0.1) is 5.69 Å². The molecular formula is C33H33N5. The van der Waals surface area contributed by atoms with E-state index in [1.807, 2.05) is 61.0 Å². The lowest BCUT2D eigenvalue weighted by Gasteiger charge is -2.13. The van der Waals surface area contributed by atoms with Gasteiger partial charge in [-0.05, 0) is 49.5 Å². The average molecular weight is 500 g/mol. The largest absolute Gasteiger partial charge is 0.305 e. The van der Waals surface area contributed by atoms with Crippen LogP contribution in [0.2, 0.25) is 0 Å². The Labute approximate surface area is 225 Å². The Hall–Kier alpha value is -4.64. The molecule has 0 fully saturated rings. The Morgan fingerprint density at radius 2 is 1.82 bits per heavy atom. The van der Waals surface area contributed by atoms with Gasteiger partial charge in [-0.15, -0.1) is 0 Å². The summed E-state index contributed by atoms with van der Waals surface area (Å²) in [5.74, 6) is 2.80. The van der Waals surface area contributed by atoms with Gasteiger partial charge in [-0.1, -0.05) is 99.5 Å². The van der Waals surface area contributed by atoms with Crippen molar-refractivity contribution in [3.8, 4) is 0 Å². The molecule has 0 unspecified atom stereocenters. The molecule has 2 aromatic heterocycles. The molecule has 1 aliphatic rings. The maximum absolute atomic E-state index is 4.79. The van der Waals surface area contributed by atoms with Crippen LogP contribution in [0.4, 0.5) is 0 Å². The third kappa shape index (κ3) is 6.01. The van der Waals surface area contributed by atoms with Crippen LogP contribution in [-0.4, -0.2) is 25.4 Å². The van der Waals surface area contributed by atoms with Gasteiger partial charge in [-0.3, -0.25) is 0 Å². The van der Waals surface area contributed by atoms with E-state index >= 15 is 0 Å². The van der Waals surface area contributed by atoms with Gasteiger partial charge < -0.3 is 4.57 Å². The standard InChI is InChI=1S/C33H33N5/c1-7-27(8-2)32-35-31(36-33(37-32)29-18-15-23(4)16-19-29)24(5)34-25(6)38-22-21-28(30(38)9-3)20-17-26-13-11-10-12-14-26/h7-15,17-23H,1,3,5,16H2,2,4,6H3/b20-17+,27-8+,34-25?/t23-/m0/s1. The minimum atomic E-state index is 0.426. The molecule has 5 heteroatoms. The summed E-state index contributed by atoms with van der Waals surface area (Å²) < 4.78 is 1.99. The van der Waals surface area contributed by atoms with Crippen molar-refractivity contribution >= 4 is 40.9 Å². The summed E-state index contributed by atoms with van der Waals surface area (Å²) in [5.41, 5.74) is 5.36. The van der Waals surface area contributed by atoms with E-state index in [1.54, 1.807) is 6.08 Å². The molecule has 1 aromatic carbocycles. The average Bonchev–Trinajstić information content (AvgIpc) is 3.36. The molecule has 0 radical (unpaired) electrons. The number of aromatic nitrogens is 4. The van der Waals surface area contributed by atoms with Crippen molar-refractivity contribution in [1.82, 2.24) is 19.5 Å². The summed E-state index contributed by atoms with van der Waals surface area (Å²) in [7, 11) is 0. The summed E-state index contributed by atoms with van der Waals surface area (Å²) in [6.45, 7) is 18.2. The molecule has 5 nitrogen and oxygen atoms in total. The zero-order valence-corrected chi connectivity index (χ0v) is 22.3. The van der Waals surface area contributed by atoms with E-state index in [1.165, 1.54) is 0 Å². The van der Waals surface area contributed by atoms with Gasteiger partial charge in [-0.2, -0.15) is 0 Å². The van der Waals surface area contributed by atoms with E-state index in [2.05, 4.69) is 74.2 Å². The Bertz CT molecular complexity index is 1510. The monoisotopic (exact) mass is 499 g/mol. The van der Waals surface area contributed by atoms with Crippen molar-refractivity contribution in [3.05, 3.63) is 127 Å². The third-order valence-electron chi connectivity index (χ3n) is 6.31. The van der Waals surface area contributed by atoms with Crippen molar-refractivity contribution in [3.63, 3.8) is 0 Å². The highest BCUT2D eigenvalue weighted by molar-refractivity contribution is 5.90. The van der Waals surface area contributed by atoms with Gasteiger partial charge in [0, 0.05) is 17.3 Å². The number of rotatable bonds is 8. The van der Waals surface area contributed by atoms with Gasteiger partial charge >= 0.3 is 0 Å². The van der Waals surface area contributed by atoms with Crippen LogP contribution >= 0.6 is 0 Å². The Kier molecular flexibility index (Phi) is 8.39. The van der Waals surface area contributed by atoms with Crippen molar-refractivity contribution in [2.75, 3.05) is 0 Å². The third-order valence-corrected chi connectivity index (χ3v) is 6.31. The lowest BCUT2D eigenvalue weighted by molar-refractivity contribution is 0.737. The number of hydrogen-bond donors (Lipinski definition) is 0. The molecular weight excluding hydrogens is 466 g/mol. The molecule has 0 saturated heterocycles. The summed E-state index contributed by atoms with van der Waals surface area (Å²) in [6.07, 6.45) is 19.0. The molecule has 190 valence electrons. The molecule has 3 aromatic rings. The van der Waals surface area contributed by atoms with Crippen LogP contribution in [0.3, 0.4) is 0 Å². The summed E-state index contributed by atoms with van der Waals surface area (Å²) in [6, 6.07) is 12.2. The van der Waals surface area contributed by atoms with Crippen molar-refractivity contribution in [2.45, 2.75) is 27.2 Å². The van der Waals surface area contributed by atoms with E-state index in [0.717, 1.165) is 40.2 Å². The molecule has 0 N–H and O–H groups in total. The number of aliphatic imine (C=N–C) groups is 1. The van der Waals surface area contributed by atoms with Crippen LogP contribution in [0.25, 0.3) is 35.1 Å². The highest BCUT2D eigenvalue weighted by Gasteiger charge is 2.15. The molecule has 38 heavy (non-hydrogen) atoms. The van der Waals surface area contributed by atoms with Crippen LogP contribution in [0.1, 0.15) is 61.5 Å². The molecule has 0 bridgehead atoms. The molecule has 2 heterocycles. The molecule has 0 aliphatic heterocycles. The first-order valence-electron chi connectivity index (χ1n) is 12.7. The van der Waals surface area contributed by atoms with Crippen molar-refractivity contribution in [2.24, 2.45) is 10.9 Å². The van der Waals surface area contributed by atoms with Crippen molar-refractivity contribution < 1.29 is 0 Å². The highest BCUT2D eigenvalue weighted by Crippen LogP contribution is 2.25. The van der Waals surface area contributed by atoms with E-state index in [-0.39, 0.29) is 0 Å². The van der Waals surface area contributed by atoms with Gasteiger partial charge in [0.2, 0.25) is 0 Å². The predicted molar refractivity (Wildman–Crippen MR) is 162 cm³/mol. The maximum Gasteiger partial charge on any atom is 0.181 e. The van der Waals surface area contributed by atoms with Gasteiger partial charge in [0.25, 0.3) is 0 Å². The number of nitrogens with zero attached hydrogens (tertiary/aromatic N) is 5. The molecule has 0 spiro atoms. The fraction of sp³-hybridized carbons (Fsp3) is 0.152. The normalized spacial score (nSPS) is 16.0. The van der Waals surface area contributed by atoms with Crippen LogP contribution < -0.4 is 0 Å². The SMILES string of the molecule is C=C/C(=C\C)c1nc(C(=C)N=C(C)n2ccc(/C=C/c3ccccc3)c2C=C)nc(C2=CC[C@@H](C)C=C2)n1. The zero-order chi connectivity index (χ0) is 27.1. The summed E-state index contributed by atoms with van der Waals surface area (Å²) >= 11 is 0. The first-order chi connectivity index (χ1) is 18.4. The van der Waals surface area contributed by atoms with E-state index in [0.29, 0.717) is 29.1 Å². The topological polar surface area (TPSA) is 56.0 Å².